The number of thiazole rings is 1. The summed E-state index contributed by atoms with van der Waals surface area (Å²) in [6.07, 6.45) is 1.75. The molecule has 1 aromatic heterocycles. The summed E-state index contributed by atoms with van der Waals surface area (Å²) in [7, 11) is 4.65. The maximum atomic E-state index is 13.7. The van der Waals surface area contributed by atoms with E-state index in [4.69, 9.17) is 30.5 Å². The molecule has 3 aromatic rings. The number of aromatic nitrogens is 1. The number of halogens is 1. The van der Waals surface area contributed by atoms with E-state index < -0.39 is 12.0 Å². The minimum absolute atomic E-state index is 0.0845. The van der Waals surface area contributed by atoms with Gasteiger partial charge in [0.05, 0.1) is 42.7 Å². The molecule has 0 radical (unpaired) electrons. The third kappa shape index (κ3) is 5.09. The molecule has 8 nitrogen and oxygen atoms in total. The molecule has 36 heavy (non-hydrogen) atoms. The monoisotopic (exact) mass is 528 g/mol. The second-order valence-corrected chi connectivity index (χ2v) is 9.32. The minimum Gasteiger partial charge on any atom is -0.497 e. The first-order valence-electron chi connectivity index (χ1n) is 11.0. The van der Waals surface area contributed by atoms with Crippen molar-refractivity contribution in [3.63, 3.8) is 0 Å². The molecule has 4 rings (SSSR count). The lowest BCUT2D eigenvalue weighted by Crippen LogP contribution is -2.40. The van der Waals surface area contributed by atoms with E-state index in [9.17, 15) is 9.59 Å². The Hall–Kier alpha value is -3.40. The molecule has 0 bridgehead atoms. The van der Waals surface area contributed by atoms with Crippen LogP contribution in [0.25, 0.3) is 6.08 Å². The number of rotatable bonds is 8. The number of hydrogen-bond acceptors (Lipinski definition) is 8. The molecule has 0 amide bonds. The highest BCUT2D eigenvalue weighted by Gasteiger charge is 2.33. The average molecular weight is 529 g/mol. The fourth-order valence-corrected chi connectivity index (χ4v) is 5.08. The van der Waals surface area contributed by atoms with Crippen LogP contribution >= 0.6 is 22.9 Å². The van der Waals surface area contributed by atoms with Crippen LogP contribution in [-0.2, 0) is 14.3 Å². The van der Waals surface area contributed by atoms with Gasteiger partial charge in [0.2, 0.25) is 0 Å². The maximum Gasteiger partial charge on any atom is 0.338 e. The second kappa shape index (κ2) is 11.1. The van der Waals surface area contributed by atoms with Gasteiger partial charge in [-0.05, 0) is 42.8 Å². The van der Waals surface area contributed by atoms with Gasteiger partial charge < -0.3 is 18.9 Å². The van der Waals surface area contributed by atoms with Gasteiger partial charge >= 0.3 is 5.97 Å². The lowest BCUT2D eigenvalue weighted by Gasteiger charge is -2.24. The van der Waals surface area contributed by atoms with E-state index in [-0.39, 0.29) is 24.3 Å². The number of ether oxygens (including phenoxy) is 4. The van der Waals surface area contributed by atoms with E-state index in [0.29, 0.717) is 42.7 Å². The third-order valence-electron chi connectivity index (χ3n) is 5.68. The summed E-state index contributed by atoms with van der Waals surface area (Å²) in [6, 6.07) is 11.6. The van der Waals surface area contributed by atoms with E-state index >= 15 is 0 Å². The van der Waals surface area contributed by atoms with Crippen LogP contribution in [-0.4, -0.2) is 45.1 Å². The number of carbonyl (C=O) groups excluding carboxylic acids is 1. The van der Waals surface area contributed by atoms with Crippen molar-refractivity contribution in [1.29, 1.82) is 0 Å². The topological polar surface area (TPSA) is 88.4 Å². The summed E-state index contributed by atoms with van der Waals surface area (Å²) < 4.78 is 23.1. The molecule has 10 heteroatoms. The van der Waals surface area contributed by atoms with Gasteiger partial charge in [-0.15, -0.1) is 0 Å². The molecule has 0 saturated heterocycles. The Balaban J connectivity index is 1.89. The van der Waals surface area contributed by atoms with E-state index in [0.717, 1.165) is 0 Å². The molecule has 0 fully saturated rings. The molecule has 0 spiro atoms. The molecule has 1 unspecified atom stereocenters. The summed E-state index contributed by atoms with van der Waals surface area (Å²) in [5.41, 5.74) is 1.90. The van der Waals surface area contributed by atoms with Gasteiger partial charge in [0.1, 0.15) is 18.1 Å². The molecule has 1 aliphatic heterocycles. The highest BCUT2D eigenvalue weighted by atomic mass is 35.5. The van der Waals surface area contributed by atoms with Gasteiger partial charge in [0, 0.05) is 23.8 Å². The van der Waals surface area contributed by atoms with Gasteiger partial charge in [-0.3, -0.25) is 9.36 Å². The smallest absolute Gasteiger partial charge is 0.338 e. The first-order chi connectivity index (χ1) is 17.4. The van der Waals surface area contributed by atoms with Crippen molar-refractivity contribution in [3.8, 4) is 11.5 Å². The maximum absolute atomic E-state index is 13.7. The zero-order valence-electron chi connectivity index (χ0n) is 20.2. The standard InChI is InChI=1S/C26H25ClN2O6S/c1-15-22(25(31)35-12-11-32-2)23(16-5-8-18(27)9-6-16)29-24(30)21(36-26(29)28-15)13-17-7-10-19(33-3)14-20(17)34-4/h5-10,13-14,23H,11-12H2,1-4H3. The highest BCUT2D eigenvalue weighted by Crippen LogP contribution is 2.31. The van der Waals surface area contributed by atoms with Crippen LogP contribution in [0.2, 0.25) is 5.02 Å². The van der Waals surface area contributed by atoms with E-state index in [1.165, 1.54) is 23.0 Å². The Bertz CT molecular complexity index is 1490. The number of fused-ring (bicyclic) bond motifs is 1. The summed E-state index contributed by atoms with van der Waals surface area (Å²) in [5, 5.41) is 0.544. The normalized spacial score (nSPS) is 15.4. The zero-order valence-corrected chi connectivity index (χ0v) is 21.8. The average Bonchev–Trinajstić information content (AvgIpc) is 3.18. The van der Waals surface area contributed by atoms with Crippen LogP contribution in [0, 0.1) is 0 Å². The van der Waals surface area contributed by atoms with E-state index in [2.05, 4.69) is 4.99 Å². The Morgan fingerprint density at radius 3 is 2.53 bits per heavy atom. The molecular weight excluding hydrogens is 504 g/mol. The van der Waals surface area contributed by atoms with Gasteiger partial charge in [-0.2, -0.15) is 0 Å². The predicted molar refractivity (Wildman–Crippen MR) is 138 cm³/mol. The van der Waals surface area contributed by atoms with E-state index in [1.807, 2.05) is 6.07 Å². The molecule has 2 aromatic carbocycles. The van der Waals surface area contributed by atoms with Crippen molar-refractivity contribution in [3.05, 3.63) is 89.6 Å². The van der Waals surface area contributed by atoms with Crippen molar-refractivity contribution in [2.45, 2.75) is 13.0 Å². The summed E-state index contributed by atoms with van der Waals surface area (Å²) in [6.45, 7) is 2.08. The van der Waals surface area contributed by atoms with Crippen molar-refractivity contribution in [2.75, 3.05) is 34.5 Å². The Labute approximate surface area is 216 Å². The fourth-order valence-electron chi connectivity index (χ4n) is 3.92. The Kier molecular flexibility index (Phi) is 7.93. The van der Waals surface area contributed by atoms with E-state index in [1.54, 1.807) is 63.6 Å². The number of allylic oxidation sites excluding steroid dienone is 1. The lowest BCUT2D eigenvalue weighted by atomic mass is 9.96. The number of nitrogens with zero attached hydrogens (tertiary/aromatic N) is 2. The minimum atomic E-state index is -0.728. The molecule has 0 N–H and O–H groups in total. The van der Waals surface area contributed by atoms with Crippen molar-refractivity contribution >= 4 is 35.0 Å². The summed E-state index contributed by atoms with van der Waals surface area (Å²) in [4.78, 5) is 31.9. The molecular formula is C26H25ClN2O6S. The molecule has 1 aliphatic rings. The summed E-state index contributed by atoms with van der Waals surface area (Å²) >= 11 is 7.35. The number of benzene rings is 2. The quantitative estimate of drug-likeness (QED) is 0.330. The van der Waals surface area contributed by atoms with Crippen LogP contribution < -0.4 is 24.4 Å². The number of methoxy groups -OCH3 is 3. The first kappa shape index (κ1) is 25.7. The van der Waals surface area contributed by atoms with Crippen molar-refractivity contribution < 1.29 is 23.7 Å². The van der Waals surface area contributed by atoms with Gasteiger partial charge in [-0.25, -0.2) is 9.79 Å². The lowest BCUT2D eigenvalue weighted by molar-refractivity contribution is -0.140. The molecule has 0 saturated carbocycles. The largest absolute Gasteiger partial charge is 0.497 e. The van der Waals surface area contributed by atoms with Crippen LogP contribution in [0.3, 0.4) is 0 Å². The third-order valence-corrected chi connectivity index (χ3v) is 6.91. The van der Waals surface area contributed by atoms with Gasteiger partial charge in [0.15, 0.2) is 4.80 Å². The van der Waals surface area contributed by atoms with Crippen LogP contribution in [0.5, 0.6) is 11.5 Å². The Morgan fingerprint density at radius 1 is 1.11 bits per heavy atom. The van der Waals surface area contributed by atoms with Crippen molar-refractivity contribution in [2.24, 2.45) is 4.99 Å². The zero-order chi connectivity index (χ0) is 25.8. The van der Waals surface area contributed by atoms with Crippen LogP contribution in [0.1, 0.15) is 24.1 Å². The first-order valence-corrected chi connectivity index (χ1v) is 12.2. The van der Waals surface area contributed by atoms with Crippen LogP contribution in [0.4, 0.5) is 0 Å². The number of esters is 1. The summed E-state index contributed by atoms with van der Waals surface area (Å²) in [5.74, 6) is 0.646. The van der Waals surface area contributed by atoms with Crippen LogP contribution in [0.15, 0.2) is 63.5 Å². The number of carbonyl (C=O) groups is 1. The predicted octanol–water partition coefficient (Wildman–Crippen LogP) is 3.10. The number of hydrogen-bond donors (Lipinski definition) is 0. The molecule has 0 aliphatic carbocycles. The second-order valence-electron chi connectivity index (χ2n) is 7.87. The fraction of sp³-hybridized carbons (Fsp3) is 0.269. The van der Waals surface area contributed by atoms with Gasteiger partial charge in [-0.1, -0.05) is 35.1 Å². The highest BCUT2D eigenvalue weighted by molar-refractivity contribution is 7.07. The molecule has 1 atom stereocenters. The SMILES string of the molecule is COCCOC(=O)C1=C(C)N=c2sc(=Cc3ccc(OC)cc3OC)c(=O)n2C1c1ccc(Cl)cc1. The molecule has 188 valence electrons. The molecule has 2 heterocycles. The van der Waals surface area contributed by atoms with Crippen molar-refractivity contribution in [1.82, 2.24) is 4.57 Å². The Morgan fingerprint density at radius 2 is 1.86 bits per heavy atom. The van der Waals surface area contributed by atoms with Gasteiger partial charge in [0.25, 0.3) is 5.56 Å².